The predicted octanol–water partition coefficient (Wildman–Crippen LogP) is 2.66. The number of rotatable bonds is 8. The van der Waals surface area contributed by atoms with Gasteiger partial charge >= 0.3 is 0 Å². The maximum atomic E-state index is 11.5. The van der Waals surface area contributed by atoms with Gasteiger partial charge in [-0.1, -0.05) is 31.2 Å². The molecule has 0 bridgehead atoms. The predicted molar refractivity (Wildman–Crippen MR) is 103 cm³/mol. The Labute approximate surface area is 154 Å². The smallest absolute Gasteiger partial charge is 0.293 e. The molecule has 2 aromatic rings. The van der Waals surface area contributed by atoms with Gasteiger partial charge in [0.05, 0.1) is 25.6 Å². The lowest BCUT2D eigenvalue weighted by atomic mass is 10.0. The topological polar surface area (TPSA) is 76.7 Å². The van der Waals surface area contributed by atoms with E-state index in [2.05, 4.69) is 50.6 Å². The van der Waals surface area contributed by atoms with Crippen LogP contribution in [0.25, 0.3) is 0 Å². The van der Waals surface area contributed by atoms with Crippen LogP contribution in [0.5, 0.6) is 0 Å². The molecule has 0 radical (unpaired) electrons. The standard InChI is InChI=1S/C20H25N3O3/c1-5-15-6-8-16(9-7-15)20(22(3)4)13-21-18-11-10-17(14(2)24)12-19(18)23(25)26/h6-12,20-21H,5,13H2,1-4H3/p+1/t20-/m1/s1. The first-order valence-corrected chi connectivity index (χ1v) is 8.75. The minimum Gasteiger partial charge on any atom is -0.373 e. The normalized spacial score (nSPS) is 12.0. The molecule has 0 unspecified atom stereocenters. The van der Waals surface area contributed by atoms with Crippen molar-refractivity contribution >= 4 is 17.2 Å². The molecule has 1 atom stereocenters. The first-order valence-electron chi connectivity index (χ1n) is 8.75. The van der Waals surface area contributed by atoms with Gasteiger partial charge in [0.2, 0.25) is 0 Å². The van der Waals surface area contributed by atoms with Crippen molar-refractivity contribution in [1.29, 1.82) is 0 Å². The van der Waals surface area contributed by atoms with E-state index in [1.165, 1.54) is 29.0 Å². The van der Waals surface area contributed by atoms with Crippen LogP contribution < -0.4 is 10.2 Å². The van der Waals surface area contributed by atoms with Crippen molar-refractivity contribution < 1.29 is 14.6 Å². The fourth-order valence-electron chi connectivity index (χ4n) is 2.90. The molecular formula is C20H26N3O3+. The summed E-state index contributed by atoms with van der Waals surface area (Å²) in [5.41, 5.74) is 3.15. The number of anilines is 1. The second-order valence-corrected chi connectivity index (χ2v) is 6.65. The van der Waals surface area contributed by atoms with Crippen molar-refractivity contribution in [3.8, 4) is 0 Å². The number of quaternary nitrogens is 1. The lowest BCUT2D eigenvalue weighted by Crippen LogP contribution is -3.06. The summed E-state index contributed by atoms with van der Waals surface area (Å²) in [6.07, 6.45) is 0.993. The van der Waals surface area contributed by atoms with Crippen LogP contribution in [0.3, 0.4) is 0 Å². The van der Waals surface area contributed by atoms with Gasteiger partial charge in [-0.2, -0.15) is 0 Å². The number of carbonyl (C=O) groups excluding carboxylic acids is 1. The number of nitro benzene ring substituents is 1. The van der Waals surface area contributed by atoms with Crippen molar-refractivity contribution in [2.45, 2.75) is 26.3 Å². The molecule has 0 fully saturated rings. The molecule has 0 heterocycles. The van der Waals surface area contributed by atoms with E-state index in [0.717, 1.165) is 6.42 Å². The van der Waals surface area contributed by atoms with Crippen LogP contribution in [0.4, 0.5) is 11.4 Å². The number of aryl methyl sites for hydroxylation is 1. The van der Waals surface area contributed by atoms with Gasteiger partial charge in [0.15, 0.2) is 5.78 Å². The van der Waals surface area contributed by atoms with E-state index < -0.39 is 4.92 Å². The van der Waals surface area contributed by atoms with Gasteiger partial charge in [-0.3, -0.25) is 14.9 Å². The van der Waals surface area contributed by atoms with Gasteiger partial charge in [-0.25, -0.2) is 0 Å². The number of hydrogen-bond acceptors (Lipinski definition) is 4. The second kappa shape index (κ2) is 8.58. The largest absolute Gasteiger partial charge is 0.373 e. The van der Waals surface area contributed by atoms with Gasteiger partial charge in [0.25, 0.3) is 5.69 Å². The summed E-state index contributed by atoms with van der Waals surface area (Å²) in [4.78, 5) is 23.6. The van der Waals surface area contributed by atoms with Crippen molar-refractivity contribution in [2.75, 3.05) is 26.0 Å². The van der Waals surface area contributed by atoms with Crippen molar-refractivity contribution in [1.82, 2.24) is 0 Å². The molecular weight excluding hydrogens is 330 g/mol. The third-order valence-electron chi connectivity index (χ3n) is 4.58. The average molecular weight is 356 g/mol. The molecule has 0 saturated carbocycles. The van der Waals surface area contributed by atoms with Gasteiger partial charge in [-0.15, -0.1) is 0 Å². The molecule has 0 aliphatic carbocycles. The van der Waals surface area contributed by atoms with Crippen LogP contribution in [-0.4, -0.2) is 31.3 Å². The molecule has 2 N–H and O–H groups in total. The quantitative estimate of drug-likeness (QED) is 0.433. The fourth-order valence-corrected chi connectivity index (χ4v) is 2.90. The average Bonchev–Trinajstić information content (AvgIpc) is 2.62. The number of ketones is 1. The van der Waals surface area contributed by atoms with Gasteiger partial charge in [0, 0.05) is 17.2 Å². The van der Waals surface area contributed by atoms with E-state index in [9.17, 15) is 14.9 Å². The Balaban J connectivity index is 2.23. The fraction of sp³-hybridized carbons (Fsp3) is 0.350. The molecule has 2 aromatic carbocycles. The van der Waals surface area contributed by atoms with E-state index in [0.29, 0.717) is 17.8 Å². The number of nitrogens with zero attached hydrogens (tertiary/aromatic N) is 1. The molecule has 0 amide bonds. The van der Waals surface area contributed by atoms with E-state index in [1.807, 2.05) is 0 Å². The van der Waals surface area contributed by atoms with Crippen LogP contribution in [0, 0.1) is 10.1 Å². The maximum absolute atomic E-state index is 11.5. The molecule has 0 aliphatic heterocycles. The Morgan fingerprint density at radius 3 is 2.35 bits per heavy atom. The molecule has 26 heavy (non-hydrogen) atoms. The third-order valence-corrected chi connectivity index (χ3v) is 4.58. The summed E-state index contributed by atoms with van der Waals surface area (Å²) < 4.78 is 0. The van der Waals surface area contributed by atoms with Crippen LogP contribution in [0.2, 0.25) is 0 Å². The Morgan fingerprint density at radius 1 is 1.19 bits per heavy atom. The van der Waals surface area contributed by atoms with Crippen LogP contribution in [0.1, 0.15) is 41.4 Å². The highest BCUT2D eigenvalue weighted by molar-refractivity contribution is 5.95. The Kier molecular flexibility index (Phi) is 6.46. The zero-order chi connectivity index (χ0) is 19.3. The Hall–Kier alpha value is -2.73. The van der Waals surface area contributed by atoms with Gasteiger partial charge in [0.1, 0.15) is 11.7 Å². The highest BCUT2D eigenvalue weighted by atomic mass is 16.6. The summed E-state index contributed by atoms with van der Waals surface area (Å²) in [5, 5.41) is 14.6. The van der Waals surface area contributed by atoms with E-state index in [4.69, 9.17) is 0 Å². The number of likely N-dealkylation sites (N-methyl/N-ethyl adjacent to an activating group) is 1. The molecule has 6 nitrogen and oxygen atoms in total. The zero-order valence-electron chi connectivity index (χ0n) is 15.7. The monoisotopic (exact) mass is 356 g/mol. The first kappa shape index (κ1) is 19.6. The summed E-state index contributed by atoms with van der Waals surface area (Å²) in [5.74, 6) is -0.189. The Bertz CT molecular complexity index is 785. The molecule has 0 spiro atoms. The van der Waals surface area contributed by atoms with E-state index in [-0.39, 0.29) is 17.5 Å². The van der Waals surface area contributed by atoms with Gasteiger partial charge in [-0.05, 0) is 31.0 Å². The van der Waals surface area contributed by atoms with Crippen LogP contribution >= 0.6 is 0 Å². The number of nitro groups is 1. The third kappa shape index (κ3) is 4.67. The molecule has 6 heteroatoms. The van der Waals surface area contributed by atoms with E-state index >= 15 is 0 Å². The second-order valence-electron chi connectivity index (χ2n) is 6.65. The van der Waals surface area contributed by atoms with Gasteiger partial charge < -0.3 is 10.2 Å². The summed E-state index contributed by atoms with van der Waals surface area (Å²) in [7, 11) is 4.13. The maximum Gasteiger partial charge on any atom is 0.293 e. The molecule has 0 aromatic heterocycles. The zero-order valence-corrected chi connectivity index (χ0v) is 15.7. The number of Topliss-reactive ketones (excluding diaryl/α,β-unsaturated/α-hetero) is 1. The number of nitrogens with one attached hydrogen (secondary N) is 2. The van der Waals surface area contributed by atoms with Crippen LogP contribution in [-0.2, 0) is 6.42 Å². The lowest BCUT2D eigenvalue weighted by Gasteiger charge is -2.23. The number of benzene rings is 2. The SMILES string of the molecule is CCc1ccc([C@@H](CNc2ccc(C(C)=O)cc2[N+](=O)[O-])[NH+](C)C)cc1. The molecule has 2 rings (SSSR count). The summed E-state index contributed by atoms with van der Waals surface area (Å²) in [6.45, 7) is 4.07. The number of hydrogen-bond donors (Lipinski definition) is 2. The minimum absolute atomic E-state index is 0.0773. The summed E-state index contributed by atoms with van der Waals surface area (Å²) >= 11 is 0. The highest BCUT2D eigenvalue weighted by Gasteiger charge is 2.21. The Morgan fingerprint density at radius 2 is 1.85 bits per heavy atom. The molecule has 0 saturated heterocycles. The van der Waals surface area contributed by atoms with Crippen molar-refractivity contribution in [2.24, 2.45) is 0 Å². The highest BCUT2D eigenvalue weighted by Crippen LogP contribution is 2.26. The first-order chi connectivity index (χ1) is 12.3. The van der Waals surface area contributed by atoms with Crippen molar-refractivity contribution in [3.63, 3.8) is 0 Å². The lowest BCUT2D eigenvalue weighted by molar-refractivity contribution is -0.890. The molecule has 138 valence electrons. The number of carbonyl (C=O) groups is 1. The van der Waals surface area contributed by atoms with Crippen LogP contribution in [0.15, 0.2) is 42.5 Å². The molecule has 0 aliphatic rings. The van der Waals surface area contributed by atoms with E-state index in [1.54, 1.807) is 12.1 Å². The minimum atomic E-state index is -0.456. The summed E-state index contributed by atoms with van der Waals surface area (Å²) in [6, 6.07) is 13.2. The van der Waals surface area contributed by atoms with Crippen molar-refractivity contribution in [3.05, 3.63) is 69.3 Å².